The van der Waals surface area contributed by atoms with Crippen molar-refractivity contribution in [3.8, 4) is 0 Å². The van der Waals surface area contributed by atoms with Gasteiger partial charge in [0.1, 0.15) is 18.0 Å². The standard InChI is InChI=1S/C9H8FN7/c10-6-1-2-8-14-9(16-17(8)4-6)11-3-7-12-5-13-15-7/h1-2,4-5H,3H2,(H,11,16)(H,12,13,15). The molecular weight excluding hydrogens is 225 g/mol. The molecule has 0 aliphatic rings. The molecule has 7 nitrogen and oxygen atoms in total. The van der Waals surface area contributed by atoms with Crippen molar-refractivity contribution in [2.75, 3.05) is 5.32 Å². The van der Waals surface area contributed by atoms with E-state index in [1.54, 1.807) is 6.07 Å². The van der Waals surface area contributed by atoms with Crippen molar-refractivity contribution in [3.05, 3.63) is 36.3 Å². The number of nitrogens with one attached hydrogen (secondary N) is 2. The number of hydrogen-bond acceptors (Lipinski definition) is 5. The van der Waals surface area contributed by atoms with Gasteiger partial charge in [0, 0.05) is 0 Å². The first kappa shape index (κ1) is 9.70. The van der Waals surface area contributed by atoms with Crippen LogP contribution >= 0.6 is 0 Å². The normalized spacial score (nSPS) is 10.9. The monoisotopic (exact) mass is 233 g/mol. The molecule has 0 amide bonds. The molecule has 3 rings (SSSR count). The zero-order chi connectivity index (χ0) is 11.7. The Morgan fingerprint density at radius 2 is 2.35 bits per heavy atom. The summed E-state index contributed by atoms with van der Waals surface area (Å²) >= 11 is 0. The van der Waals surface area contributed by atoms with Gasteiger partial charge in [0.15, 0.2) is 5.65 Å². The van der Waals surface area contributed by atoms with Crippen molar-refractivity contribution in [1.82, 2.24) is 29.8 Å². The van der Waals surface area contributed by atoms with E-state index in [-0.39, 0.29) is 5.82 Å². The number of fused-ring (bicyclic) bond motifs is 1. The third-order valence-corrected chi connectivity index (χ3v) is 2.17. The van der Waals surface area contributed by atoms with E-state index in [1.807, 2.05) is 0 Å². The minimum absolute atomic E-state index is 0.357. The van der Waals surface area contributed by atoms with Crippen LogP contribution in [0.1, 0.15) is 5.82 Å². The molecule has 0 saturated carbocycles. The summed E-state index contributed by atoms with van der Waals surface area (Å²) in [5, 5.41) is 13.4. The van der Waals surface area contributed by atoms with E-state index in [1.165, 1.54) is 23.1 Å². The van der Waals surface area contributed by atoms with E-state index in [0.29, 0.717) is 24.0 Å². The highest BCUT2D eigenvalue weighted by atomic mass is 19.1. The van der Waals surface area contributed by atoms with Gasteiger partial charge in [-0.05, 0) is 12.1 Å². The molecule has 0 aliphatic carbocycles. The molecule has 2 N–H and O–H groups in total. The third-order valence-electron chi connectivity index (χ3n) is 2.17. The minimum atomic E-state index is -0.357. The molecule has 0 spiro atoms. The minimum Gasteiger partial charge on any atom is -0.346 e. The van der Waals surface area contributed by atoms with Crippen LogP contribution in [0.5, 0.6) is 0 Å². The van der Waals surface area contributed by atoms with Crippen LogP contribution in [0.4, 0.5) is 10.3 Å². The first-order valence-corrected chi connectivity index (χ1v) is 4.91. The Balaban J connectivity index is 1.81. The van der Waals surface area contributed by atoms with Gasteiger partial charge in [-0.3, -0.25) is 5.10 Å². The smallest absolute Gasteiger partial charge is 0.243 e. The average molecular weight is 233 g/mol. The van der Waals surface area contributed by atoms with Gasteiger partial charge in [-0.1, -0.05) is 0 Å². The van der Waals surface area contributed by atoms with Crippen molar-refractivity contribution in [2.24, 2.45) is 0 Å². The highest BCUT2D eigenvalue weighted by molar-refractivity contribution is 5.42. The lowest BCUT2D eigenvalue weighted by molar-refractivity contribution is 0.615. The van der Waals surface area contributed by atoms with Crippen LogP contribution in [0.2, 0.25) is 0 Å². The van der Waals surface area contributed by atoms with Gasteiger partial charge in [-0.15, -0.1) is 5.10 Å². The van der Waals surface area contributed by atoms with Gasteiger partial charge in [0.25, 0.3) is 0 Å². The SMILES string of the molecule is Fc1ccc2nc(NCc3ncn[nH]3)nn2c1. The Morgan fingerprint density at radius 1 is 1.41 bits per heavy atom. The molecule has 0 saturated heterocycles. The predicted octanol–water partition coefficient (Wildman–Crippen LogP) is 0.599. The second-order valence-electron chi connectivity index (χ2n) is 3.37. The summed E-state index contributed by atoms with van der Waals surface area (Å²) in [7, 11) is 0. The Kier molecular flexibility index (Phi) is 2.18. The van der Waals surface area contributed by atoms with Gasteiger partial charge in [0.05, 0.1) is 12.7 Å². The molecular formula is C9H8FN7. The lowest BCUT2D eigenvalue weighted by Gasteiger charge is -1.95. The van der Waals surface area contributed by atoms with Crippen LogP contribution in [0.25, 0.3) is 5.65 Å². The second-order valence-corrected chi connectivity index (χ2v) is 3.37. The largest absolute Gasteiger partial charge is 0.346 e. The lowest BCUT2D eigenvalue weighted by atomic mass is 10.5. The van der Waals surface area contributed by atoms with E-state index < -0.39 is 0 Å². The number of rotatable bonds is 3. The van der Waals surface area contributed by atoms with Crippen molar-refractivity contribution < 1.29 is 4.39 Å². The molecule has 8 heteroatoms. The Morgan fingerprint density at radius 3 is 3.18 bits per heavy atom. The number of aromatic nitrogens is 6. The molecule has 0 aliphatic heterocycles. The summed E-state index contributed by atoms with van der Waals surface area (Å²) in [5.41, 5.74) is 0.575. The van der Waals surface area contributed by atoms with E-state index in [2.05, 4.69) is 30.6 Å². The number of nitrogens with zero attached hydrogens (tertiary/aromatic N) is 5. The molecule has 17 heavy (non-hydrogen) atoms. The molecule has 86 valence electrons. The zero-order valence-corrected chi connectivity index (χ0v) is 8.63. The van der Waals surface area contributed by atoms with Crippen LogP contribution in [-0.2, 0) is 6.54 Å². The summed E-state index contributed by atoms with van der Waals surface area (Å²) < 4.78 is 14.3. The van der Waals surface area contributed by atoms with Crippen LogP contribution in [0.15, 0.2) is 24.7 Å². The second kappa shape index (κ2) is 3.81. The fraction of sp³-hybridized carbons (Fsp3) is 0.111. The number of hydrogen-bond donors (Lipinski definition) is 2. The summed E-state index contributed by atoms with van der Waals surface area (Å²) in [4.78, 5) is 8.11. The van der Waals surface area contributed by atoms with Crippen molar-refractivity contribution in [2.45, 2.75) is 6.54 Å². The third kappa shape index (κ3) is 1.92. The fourth-order valence-corrected chi connectivity index (χ4v) is 1.41. The van der Waals surface area contributed by atoms with Crippen molar-refractivity contribution in [1.29, 1.82) is 0 Å². The number of halogens is 1. The molecule has 0 unspecified atom stereocenters. The van der Waals surface area contributed by atoms with E-state index in [9.17, 15) is 4.39 Å². The number of anilines is 1. The van der Waals surface area contributed by atoms with Gasteiger partial charge in [-0.25, -0.2) is 13.9 Å². The molecule has 0 aromatic carbocycles. The number of aromatic amines is 1. The Bertz CT molecular complexity index is 630. The molecule has 3 heterocycles. The predicted molar refractivity (Wildman–Crippen MR) is 56.7 cm³/mol. The van der Waals surface area contributed by atoms with Crippen LogP contribution in [0, 0.1) is 5.82 Å². The van der Waals surface area contributed by atoms with Crippen LogP contribution in [0.3, 0.4) is 0 Å². The first-order chi connectivity index (χ1) is 8.31. The Labute approximate surface area is 94.7 Å². The topological polar surface area (TPSA) is 83.8 Å². The molecule has 0 bridgehead atoms. The quantitative estimate of drug-likeness (QED) is 0.692. The number of pyridine rings is 1. The summed E-state index contributed by atoms with van der Waals surface area (Å²) in [6.07, 6.45) is 2.69. The van der Waals surface area contributed by atoms with Crippen molar-refractivity contribution >= 4 is 11.6 Å². The lowest BCUT2D eigenvalue weighted by Crippen LogP contribution is -2.02. The molecule has 3 aromatic heterocycles. The molecule has 0 radical (unpaired) electrons. The Hall–Kier alpha value is -2.51. The maximum absolute atomic E-state index is 12.9. The fourth-order valence-electron chi connectivity index (χ4n) is 1.41. The first-order valence-electron chi connectivity index (χ1n) is 4.91. The van der Waals surface area contributed by atoms with Crippen LogP contribution in [-0.4, -0.2) is 29.8 Å². The highest BCUT2D eigenvalue weighted by Crippen LogP contribution is 2.07. The molecule has 0 fully saturated rings. The van der Waals surface area contributed by atoms with Crippen LogP contribution < -0.4 is 5.32 Å². The zero-order valence-electron chi connectivity index (χ0n) is 8.63. The molecule has 3 aromatic rings. The van der Waals surface area contributed by atoms with Gasteiger partial charge < -0.3 is 5.32 Å². The van der Waals surface area contributed by atoms with Crippen molar-refractivity contribution in [3.63, 3.8) is 0 Å². The van der Waals surface area contributed by atoms with E-state index >= 15 is 0 Å². The summed E-state index contributed by atoms with van der Waals surface area (Å²) in [6, 6.07) is 2.90. The maximum Gasteiger partial charge on any atom is 0.243 e. The highest BCUT2D eigenvalue weighted by Gasteiger charge is 2.04. The van der Waals surface area contributed by atoms with E-state index in [0.717, 1.165) is 0 Å². The summed E-state index contributed by atoms with van der Waals surface area (Å²) in [5.74, 6) is 0.728. The average Bonchev–Trinajstić information content (AvgIpc) is 2.94. The van der Waals surface area contributed by atoms with Gasteiger partial charge in [0.2, 0.25) is 5.95 Å². The summed E-state index contributed by atoms with van der Waals surface area (Å²) in [6.45, 7) is 0.430. The van der Waals surface area contributed by atoms with Gasteiger partial charge in [-0.2, -0.15) is 10.1 Å². The van der Waals surface area contributed by atoms with E-state index in [4.69, 9.17) is 0 Å². The molecule has 0 atom stereocenters. The van der Waals surface area contributed by atoms with Gasteiger partial charge >= 0.3 is 0 Å². The number of H-pyrrole nitrogens is 1. The maximum atomic E-state index is 12.9.